The SMILES string of the molecule is OCCNCCc1cccc(F)c1F. The van der Waals surface area contributed by atoms with Crippen LogP contribution in [-0.4, -0.2) is 24.8 Å². The number of nitrogens with one attached hydrogen (secondary N) is 1. The molecule has 0 aromatic heterocycles. The van der Waals surface area contributed by atoms with Crippen LogP contribution in [0.4, 0.5) is 8.78 Å². The second-order valence-corrected chi connectivity index (χ2v) is 2.94. The van der Waals surface area contributed by atoms with E-state index in [9.17, 15) is 8.78 Å². The fourth-order valence-corrected chi connectivity index (χ4v) is 1.17. The smallest absolute Gasteiger partial charge is 0.162 e. The average Bonchev–Trinajstić information content (AvgIpc) is 2.19. The summed E-state index contributed by atoms with van der Waals surface area (Å²) in [6.45, 7) is 1.05. The molecule has 0 aliphatic rings. The third kappa shape index (κ3) is 3.05. The fraction of sp³-hybridized carbons (Fsp3) is 0.400. The Morgan fingerprint density at radius 1 is 1.21 bits per heavy atom. The molecule has 0 atom stereocenters. The van der Waals surface area contributed by atoms with Crippen LogP contribution >= 0.6 is 0 Å². The summed E-state index contributed by atoms with van der Waals surface area (Å²) in [7, 11) is 0. The first-order valence-electron chi connectivity index (χ1n) is 4.50. The van der Waals surface area contributed by atoms with Crippen molar-refractivity contribution in [1.82, 2.24) is 5.32 Å². The molecule has 0 saturated heterocycles. The summed E-state index contributed by atoms with van der Waals surface area (Å²) in [6, 6.07) is 4.14. The Labute approximate surface area is 81.6 Å². The molecule has 0 heterocycles. The van der Waals surface area contributed by atoms with Crippen molar-refractivity contribution in [2.45, 2.75) is 6.42 Å². The molecule has 0 radical (unpaired) electrons. The largest absolute Gasteiger partial charge is 0.395 e. The summed E-state index contributed by atoms with van der Waals surface area (Å²) in [5.41, 5.74) is 0.357. The highest BCUT2D eigenvalue weighted by atomic mass is 19.2. The molecule has 1 rings (SSSR count). The summed E-state index contributed by atoms with van der Waals surface area (Å²) >= 11 is 0. The molecule has 0 aliphatic carbocycles. The second-order valence-electron chi connectivity index (χ2n) is 2.94. The molecular weight excluding hydrogens is 188 g/mol. The van der Waals surface area contributed by atoms with Gasteiger partial charge in [-0.15, -0.1) is 0 Å². The number of hydrogen-bond acceptors (Lipinski definition) is 2. The molecule has 0 aliphatic heterocycles. The Morgan fingerprint density at radius 3 is 2.71 bits per heavy atom. The normalized spacial score (nSPS) is 10.5. The Kier molecular flexibility index (Phi) is 4.49. The van der Waals surface area contributed by atoms with Crippen LogP contribution in [-0.2, 0) is 6.42 Å². The lowest BCUT2D eigenvalue weighted by Crippen LogP contribution is -2.21. The van der Waals surface area contributed by atoms with E-state index < -0.39 is 11.6 Å². The van der Waals surface area contributed by atoms with Crippen molar-refractivity contribution in [2.75, 3.05) is 19.7 Å². The Hall–Kier alpha value is -1.00. The van der Waals surface area contributed by atoms with Gasteiger partial charge in [0.25, 0.3) is 0 Å². The van der Waals surface area contributed by atoms with Gasteiger partial charge in [0.2, 0.25) is 0 Å². The predicted molar refractivity (Wildman–Crippen MR) is 50.0 cm³/mol. The first-order chi connectivity index (χ1) is 6.75. The minimum Gasteiger partial charge on any atom is -0.395 e. The van der Waals surface area contributed by atoms with E-state index in [0.717, 1.165) is 6.07 Å². The number of aliphatic hydroxyl groups excluding tert-OH is 1. The number of rotatable bonds is 5. The van der Waals surface area contributed by atoms with Gasteiger partial charge < -0.3 is 10.4 Å². The fourth-order valence-electron chi connectivity index (χ4n) is 1.17. The van der Waals surface area contributed by atoms with Crippen LogP contribution in [0.3, 0.4) is 0 Å². The van der Waals surface area contributed by atoms with Gasteiger partial charge in [-0.3, -0.25) is 0 Å². The highest BCUT2D eigenvalue weighted by molar-refractivity contribution is 5.19. The van der Waals surface area contributed by atoms with Gasteiger partial charge in [-0.2, -0.15) is 0 Å². The Morgan fingerprint density at radius 2 is 2.00 bits per heavy atom. The lowest BCUT2D eigenvalue weighted by atomic mass is 10.1. The molecule has 0 fully saturated rings. The zero-order chi connectivity index (χ0) is 10.4. The van der Waals surface area contributed by atoms with E-state index in [0.29, 0.717) is 25.1 Å². The first kappa shape index (κ1) is 11.1. The van der Waals surface area contributed by atoms with Gasteiger partial charge >= 0.3 is 0 Å². The molecule has 1 aromatic carbocycles. The van der Waals surface area contributed by atoms with Crippen molar-refractivity contribution in [3.63, 3.8) is 0 Å². The highest BCUT2D eigenvalue weighted by Gasteiger charge is 2.06. The van der Waals surface area contributed by atoms with E-state index in [1.165, 1.54) is 6.07 Å². The van der Waals surface area contributed by atoms with Gasteiger partial charge in [0, 0.05) is 6.54 Å². The van der Waals surface area contributed by atoms with Crippen LogP contribution in [0.2, 0.25) is 0 Å². The quantitative estimate of drug-likeness (QED) is 0.699. The molecule has 78 valence electrons. The molecule has 2 nitrogen and oxygen atoms in total. The summed E-state index contributed by atoms with van der Waals surface area (Å²) in [5, 5.41) is 11.4. The van der Waals surface area contributed by atoms with Gasteiger partial charge in [0.1, 0.15) is 0 Å². The van der Waals surface area contributed by atoms with Crippen LogP contribution < -0.4 is 5.32 Å². The molecule has 0 amide bonds. The van der Waals surface area contributed by atoms with Crippen molar-refractivity contribution >= 4 is 0 Å². The summed E-state index contributed by atoms with van der Waals surface area (Å²) in [5.74, 6) is -1.59. The third-order valence-corrected chi connectivity index (χ3v) is 1.89. The lowest BCUT2D eigenvalue weighted by molar-refractivity contribution is 0.292. The Balaban J connectivity index is 2.46. The number of aliphatic hydroxyl groups is 1. The van der Waals surface area contributed by atoms with Crippen molar-refractivity contribution in [1.29, 1.82) is 0 Å². The van der Waals surface area contributed by atoms with Crippen molar-refractivity contribution in [3.8, 4) is 0 Å². The number of benzene rings is 1. The van der Waals surface area contributed by atoms with Crippen LogP contribution in [0, 0.1) is 11.6 Å². The number of hydrogen-bond donors (Lipinski definition) is 2. The molecule has 1 aromatic rings. The molecule has 0 saturated carbocycles. The van der Waals surface area contributed by atoms with E-state index >= 15 is 0 Å². The monoisotopic (exact) mass is 201 g/mol. The van der Waals surface area contributed by atoms with E-state index in [2.05, 4.69) is 5.32 Å². The van der Waals surface area contributed by atoms with Crippen LogP contribution in [0.5, 0.6) is 0 Å². The maximum atomic E-state index is 13.1. The first-order valence-corrected chi connectivity index (χ1v) is 4.50. The van der Waals surface area contributed by atoms with E-state index in [1.54, 1.807) is 6.07 Å². The van der Waals surface area contributed by atoms with E-state index in [1.807, 2.05) is 0 Å². The van der Waals surface area contributed by atoms with Gasteiger partial charge in [0.05, 0.1) is 6.61 Å². The summed E-state index contributed by atoms with van der Waals surface area (Å²) in [6.07, 6.45) is 0.420. The third-order valence-electron chi connectivity index (χ3n) is 1.89. The zero-order valence-electron chi connectivity index (χ0n) is 7.76. The average molecular weight is 201 g/mol. The molecule has 0 unspecified atom stereocenters. The van der Waals surface area contributed by atoms with E-state index in [4.69, 9.17) is 5.11 Å². The minimum atomic E-state index is -0.815. The maximum Gasteiger partial charge on any atom is 0.162 e. The van der Waals surface area contributed by atoms with Gasteiger partial charge in [-0.05, 0) is 24.6 Å². The summed E-state index contributed by atoms with van der Waals surface area (Å²) < 4.78 is 25.8. The topological polar surface area (TPSA) is 32.3 Å². The van der Waals surface area contributed by atoms with Gasteiger partial charge in [-0.25, -0.2) is 8.78 Å². The lowest BCUT2D eigenvalue weighted by Gasteiger charge is -2.04. The van der Waals surface area contributed by atoms with E-state index in [-0.39, 0.29) is 6.61 Å². The standard InChI is InChI=1S/C10H13F2NO/c11-9-3-1-2-8(10(9)12)4-5-13-6-7-14/h1-3,13-14H,4-7H2. The molecule has 0 bridgehead atoms. The maximum absolute atomic E-state index is 13.1. The van der Waals surface area contributed by atoms with Gasteiger partial charge in [0.15, 0.2) is 11.6 Å². The van der Waals surface area contributed by atoms with Crippen LogP contribution in [0.1, 0.15) is 5.56 Å². The molecular formula is C10H13F2NO. The molecule has 0 spiro atoms. The van der Waals surface area contributed by atoms with Crippen LogP contribution in [0.15, 0.2) is 18.2 Å². The molecule has 4 heteroatoms. The van der Waals surface area contributed by atoms with Crippen LogP contribution in [0.25, 0.3) is 0 Å². The summed E-state index contributed by atoms with van der Waals surface area (Å²) in [4.78, 5) is 0. The minimum absolute atomic E-state index is 0.0473. The van der Waals surface area contributed by atoms with Crippen molar-refractivity contribution < 1.29 is 13.9 Å². The van der Waals surface area contributed by atoms with Gasteiger partial charge in [-0.1, -0.05) is 12.1 Å². The highest BCUT2D eigenvalue weighted by Crippen LogP contribution is 2.11. The molecule has 2 N–H and O–H groups in total. The predicted octanol–water partition coefficient (Wildman–Crippen LogP) is 1.09. The van der Waals surface area contributed by atoms with Crippen molar-refractivity contribution in [2.24, 2.45) is 0 Å². The number of halogens is 2. The Bertz CT molecular complexity index is 291. The second kappa shape index (κ2) is 5.67. The zero-order valence-corrected chi connectivity index (χ0v) is 7.76. The molecule has 14 heavy (non-hydrogen) atoms. The van der Waals surface area contributed by atoms with Crippen molar-refractivity contribution in [3.05, 3.63) is 35.4 Å².